The third-order valence-corrected chi connectivity index (χ3v) is 5.96. The summed E-state index contributed by atoms with van der Waals surface area (Å²) in [5.74, 6) is -0.420. The van der Waals surface area contributed by atoms with Crippen LogP contribution in [0.25, 0.3) is 11.3 Å². The minimum atomic E-state index is -0.521. The summed E-state index contributed by atoms with van der Waals surface area (Å²) in [5.41, 5.74) is 1.86. The molecule has 3 aromatic rings. The highest BCUT2D eigenvalue weighted by Crippen LogP contribution is 2.27. The van der Waals surface area contributed by atoms with Crippen molar-refractivity contribution in [3.8, 4) is 11.3 Å². The average Bonchev–Trinajstić information content (AvgIpc) is 3.10. The van der Waals surface area contributed by atoms with Crippen LogP contribution < -0.4 is 5.32 Å². The molecule has 0 spiro atoms. The van der Waals surface area contributed by atoms with Gasteiger partial charge >= 0.3 is 0 Å². The third-order valence-electron chi connectivity index (χ3n) is 3.52. The molecule has 1 heterocycles. The van der Waals surface area contributed by atoms with E-state index in [0.717, 1.165) is 16.2 Å². The number of hydrogen-bond donors (Lipinski definition) is 1. The topological polar surface area (TPSA) is 85.1 Å². The van der Waals surface area contributed by atoms with Gasteiger partial charge in [-0.25, -0.2) is 4.98 Å². The number of nitrogens with one attached hydrogen (secondary N) is 1. The zero-order valence-corrected chi connectivity index (χ0v) is 17.2. The number of thioether (sulfide) groups is 1. The fourth-order valence-electron chi connectivity index (χ4n) is 2.19. The first kappa shape index (κ1) is 18.8. The van der Waals surface area contributed by atoms with E-state index < -0.39 is 10.8 Å². The molecular formula is C17H12IN3O3S2. The van der Waals surface area contributed by atoms with Gasteiger partial charge in [0.2, 0.25) is 0 Å². The second-order valence-corrected chi connectivity index (χ2v) is 8.04. The second kappa shape index (κ2) is 8.14. The van der Waals surface area contributed by atoms with Crippen LogP contribution in [0.3, 0.4) is 0 Å². The molecule has 3 rings (SSSR count). The lowest BCUT2D eigenvalue weighted by Gasteiger charge is -2.04. The summed E-state index contributed by atoms with van der Waals surface area (Å²) < 4.78 is 0.634. The molecule has 0 atom stereocenters. The van der Waals surface area contributed by atoms with Crippen molar-refractivity contribution in [2.45, 2.75) is 4.90 Å². The molecular weight excluding hydrogens is 485 g/mol. The maximum atomic E-state index is 12.5. The first-order chi connectivity index (χ1) is 12.5. The summed E-state index contributed by atoms with van der Waals surface area (Å²) in [4.78, 5) is 28.5. The van der Waals surface area contributed by atoms with E-state index >= 15 is 0 Å². The van der Waals surface area contributed by atoms with Crippen molar-refractivity contribution in [1.82, 2.24) is 4.98 Å². The Labute approximate surface area is 171 Å². The minimum Gasteiger partial charge on any atom is -0.298 e. The molecule has 0 bridgehead atoms. The standard InChI is InChI=1S/C17H12IN3O3S2/c1-25-12-5-2-10(3-6-12)15-9-26-17(19-15)20-16(22)13-8-11(21(23)24)4-7-14(13)18/h2-9H,1H3,(H,19,20,22). The lowest BCUT2D eigenvalue weighted by molar-refractivity contribution is -0.384. The van der Waals surface area contributed by atoms with Crippen LogP contribution in [0.5, 0.6) is 0 Å². The van der Waals surface area contributed by atoms with Gasteiger partial charge in [-0.1, -0.05) is 12.1 Å². The van der Waals surface area contributed by atoms with Gasteiger partial charge in [-0.15, -0.1) is 23.1 Å². The molecule has 0 aliphatic carbocycles. The number of benzene rings is 2. The quantitative estimate of drug-likeness (QED) is 0.224. The molecule has 1 aromatic heterocycles. The van der Waals surface area contributed by atoms with Crippen molar-refractivity contribution in [3.63, 3.8) is 0 Å². The number of nitro benzene ring substituents is 1. The van der Waals surface area contributed by atoms with Crippen molar-refractivity contribution < 1.29 is 9.72 Å². The first-order valence-corrected chi connectivity index (χ1v) is 10.5. The van der Waals surface area contributed by atoms with E-state index in [9.17, 15) is 14.9 Å². The Kier molecular flexibility index (Phi) is 5.89. The Morgan fingerprint density at radius 1 is 1.27 bits per heavy atom. The molecule has 2 aromatic carbocycles. The summed E-state index contributed by atoms with van der Waals surface area (Å²) in [6.45, 7) is 0. The van der Waals surface area contributed by atoms with Crippen molar-refractivity contribution in [1.29, 1.82) is 0 Å². The number of hydrogen-bond acceptors (Lipinski definition) is 6. The number of non-ortho nitro benzene ring substituents is 1. The Bertz CT molecular complexity index is 974. The van der Waals surface area contributed by atoms with Gasteiger partial charge < -0.3 is 0 Å². The van der Waals surface area contributed by atoms with Crippen molar-refractivity contribution in [2.75, 3.05) is 11.6 Å². The van der Waals surface area contributed by atoms with E-state index in [1.54, 1.807) is 17.8 Å². The van der Waals surface area contributed by atoms with Crippen LogP contribution in [0.1, 0.15) is 10.4 Å². The molecule has 0 radical (unpaired) electrons. The zero-order valence-electron chi connectivity index (χ0n) is 13.4. The van der Waals surface area contributed by atoms with Crippen LogP contribution in [0.4, 0.5) is 10.8 Å². The van der Waals surface area contributed by atoms with Crippen LogP contribution in [-0.2, 0) is 0 Å². The van der Waals surface area contributed by atoms with Crippen LogP contribution in [0, 0.1) is 13.7 Å². The van der Waals surface area contributed by atoms with Gasteiger partial charge in [0.15, 0.2) is 5.13 Å². The minimum absolute atomic E-state index is 0.121. The smallest absolute Gasteiger partial charge is 0.270 e. The molecule has 1 amide bonds. The van der Waals surface area contributed by atoms with E-state index in [1.165, 1.54) is 23.5 Å². The second-order valence-electron chi connectivity index (χ2n) is 5.14. The fourth-order valence-corrected chi connectivity index (χ4v) is 3.89. The van der Waals surface area contributed by atoms with Gasteiger partial charge in [-0.3, -0.25) is 20.2 Å². The van der Waals surface area contributed by atoms with Gasteiger partial charge in [0.1, 0.15) is 0 Å². The molecule has 0 aliphatic rings. The summed E-state index contributed by atoms with van der Waals surface area (Å²) in [5, 5.41) is 15.9. The van der Waals surface area contributed by atoms with Gasteiger partial charge in [0.25, 0.3) is 11.6 Å². The largest absolute Gasteiger partial charge is 0.298 e. The number of halogens is 1. The third kappa shape index (κ3) is 4.22. The number of nitrogens with zero attached hydrogens (tertiary/aromatic N) is 2. The number of nitro groups is 1. The number of rotatable bonds is 5. The lowest BCUT2D eigenvalue weighted by Crippen LogP contribution is -2.13. The van der Waals surface area contributed by atoms with E-state index in [0.29, 0.717) is 8.70 Å². The summed E-state index contributed by atoms with van der Waals surface area (Å²) in [6.07, 6.45) is 2.01. The van der Waals surface area contributed by atoms with Crippen LogP contribution in [0.15, 0.2) is 52.7 Å². The Morgan fingerprint density at radius 3 is 2.65 bits per heavy atom. The van der Waals surface area contributed by atoms with E-state index in [4.69, 9.17) is 0 Å². The molecule has 26 heavy (non-hydrogen) atoms. The number of aromatic nitrogens is 1. The van der Waals surface area contributed by atoms with Crippen molar-refractivity contribution in [2.24, 2.45) is 0 Å². The Hall–Kier alpha value is -1.98. The molecule has 0 aliphatic heterocycles. The predicted octanol–water partition coefficient (Wildman–Crippen LogP) is 5.30. The number of carbonyl (C=O) groups is 1. The molecule has 1 N–H and O–H groups in total. The zero-order chi connectivity index (χ0) is 18.7. The number of anilines is 1. The van der Waals surface area contributed by atoms with Crippen LogP contribution in [0.2, 0.25) is 0 Å². The summed E-state index contributed by atoms with van der Waals surface area (Å²) in [6, 6.07) is 12.2. The SMILES string of the molecule is CSc1ccc(-c2csc(NC(=O)c3cc([N+](=O)[O-])ccc3I)n2)cc1. The molecule has 0 saturated carbocycles. The van der Waals surface area contributed by atoms with E-state index in [2.05, 4.69) is 10.3 Å². The maximum Gasteiger partial charge on any atom is 0.270 e. The molecule has 0 saturated heterocycles. The lowest BCUT2D eigenvalue weighted by atomic mass is 10.2. The van der Waals surface area contributed by atoms with Crippen molar-refractivity contribution >= 4 is 62.4 Å². The highest BCUT2D eigenvalue weighted by Gasteiger charge is 2.17. The molecule has 132 valence electrons. The highest BCUT2D eigenvalue weighted by molar-refractivity contribution is 14.1. The van der Waals surface area contributed by atoms with Crippen LogP contribution in [-0.4, -0.2) is 22.1 Å². The number of carbonyl (C=O) groups excluding carboxylic acids is 1. The highest BCUT2D eigenvalue weighted by atomic mass is 127. The van der Waals surface area contributed by atoms with Gasteiger partial charge in [0, 0.05) is 31.5 Å². The predicted molar refractivity (Wildman–Crippen MR) is 113 cm³/mol. The molecule has 9 heteroatoms. The number of amides is 1. The van der Waals surface area contributed by atoms with Gasteiger partial charge in [0.05, 0.1) is 16.2 Å². The number of thiazole rings is 1. The Morgan fingerprint density at radius 2 is 2.00 bits per heavy atom. The Balaban J connectivity index is 1.79. The summed E-state index contributed by atoms with van der Waals surface area (Å²) >= 11 is 4.95. The maximum absolute atomic E-state index is 12.5. The van der Waals surface area contributed by atoms with E-state index in [1.807, 2.05) is 58.5 Å². The fraction of sp³-hybridized carbons (Fsp3) is 0.0588. The van der Waals surface area contributed by atoms with Gasteiger partial charge in [-0.05, 0) is 47.0 Å². The molecule has 0 unspecified atom stereocenters. The first-order valence-electron chi connectivity index (χ1n) is 7.33. The summed E-state index contributed by atoms with van der Waals surface area (Å²) in [7, 11) is 0. The average molecular weight is 497 g/mol. The monoisotopic (exact) mass is 497 g/mol. The van der Waals surface area contributed by atoms with Crippen LogP contribution >= 0.6 is 45.7 Å². The van der Waals surface area contributed by atoms with Crippen molar-refractivity contribution in [3.05, 3.63) is 67.1 Å². The normalized spacial score (nSPS) is 10.5. The molecule has 0 fully saturated rings. The molecule has 6 nitrogen and oxygen atoms in total. The van der Waals surface area contributed by atoms with E-state index in [-0.39, 0.29) is 11.3 Å². The van der Waals surface area contributed by atoms with Gasteiger partial charge in [-0.2, -0.15) is 0 Å².